The number of β-amino-alcohol motifs (C(OH)–C–C–N with tert-alkyl or cyclic N) is 1. The molecule has 2 amide bonds. The molecule has 3 heterocycles. The molecule has 0 bridgehead atoms. The van der Waals surface area contributed by atoms with Crippen LogP contribution in [0.4, 0.5) is 0 Å². The Morgan fingerprint density at radius 1 is 1.18 bits per heavy atom. The summed E-state index contributed by atoms with van der Waals surface area (Å²) in [7, 11) is 0. The zero-order valence-electron chi connectivity index (χ0n) is 22.3. The van der Waals surface area contributed by atoms with Gasteiger partial charge in [-0.25, -0.2) is 4.98 Å². The number of Topliss-reactive ketones (excluding diaryl/α,β-unsaturated/α-hetero) is 1. The van der Waals surface area contributed by atoms with E-state index in [0.717, 1.165) is 21.7 Å². The highest BCUT2D eigenvalue weighted by molar-refractivity contribution is 7.13. The first-order valence-electron chi connectivity index (χ1n) is 13.2. The minimum absolute atomic E-state index is 0.0798. The second kappa shape index (κ2) is 11.2. The largest absolute Gasteiger partial charge is 0.391 e. The number of fused-ring (bicyclic) bond motifs is 1. The number of amides is 2. The van der Waals surface area contributed by atoms with Gasteiger partial charge in [-0.05, 0) is 42.5 Å². The lowest BCUT2D eigenvalue weighted by molar-refractivity contribution is -0.142. The molecule has 204 valence electrons. The molecule has 0 saturated carbocycles. The van der Waals surface area contributed by atoms with Gasteiger partial charge in [0.15, 0.2) is 5.78 Å². The number of hydrogen-bond donors (Lipinski definition) is 1. The molecular formula is C30H32ClN3O4S. The van der Waals surface area contributed by atoms with Gasteiger partial charge in [-0.1, -0.05) is 55.8 Å². The van der Waals surface area contributed by atoms with Gasteiger partial charge in [-0.2, -0.15) is 0 Å². The molecule has 7 nitrogen and oxygen atoms in total. The number of benzene rings is 2. The lowest BCUT2D eigenvalue weighted by Gasteiger charge is -2.35. The van der Waals surface area contributed by atoms with E-state index in [-0.39, 0.29) is 49.4 Å². The van der Waals surface area contributed by atoms with Crippen molar-refractivity contribution in [2.24, 2.45) is 5.92 Å². The van der Waals surface area contributed by atoms with E-state index in [0.29, 0.717) is 22.6 Å². The molecule has 5 rings (SSSR count). The second-order valence-corrected chi connectivity index (χ2v) is 12.0. The minimum Gasteiger partial charge on any atom is -0.391 e. The third-order valence-electron chi connectivity index (χ3n) is 7.71. The monoisotopic (exact) mass is 565 g/mol. The van der Waals surface area contributed by atoms with E-state index >= 15 is 0 Å². The highest BCUT2D eigenvalue weighted by atomic mass is 35.5. The Bertz CT molecular complexity index is 1400. The minimum atomic E-state index is -0.779. The van der Waals surface area contributed by atoms with E-state index in [2.05, 4.69) is 4.98 Å². The maximum Gasteiger partial charge on any atom is 0.255 e. The Morgan fingerprint density at radius 3 is 2.56 bits per heavy atom. The maximum atomic E-state index is 13.9. The standard InChI is InChI=1S/C30H32ClN3O4S/c1-17(2)27(34-15-23-22(29(34)37)5-4-6-24(23)31)30(38)33-14-21(35)13-25(33)26(36)12-9-19-7-10-20(11-8-19)28-18(3)32-16-39-28/h4-8,10-11,16-17,21,25,27,35H,9,12-15H2,1-3H3/t21-,25+,27+/m1/s1. The molecule has 3 aromatic rings. The van der Waals surface area contributed by atoms with Gasteiger partial charge < -0.3 is 14.9 Å². The van der Waals surface area contributed by atoms with Crippen LogP contribution in [-0.4, -0.2) is 62.2 Å². The first-order chi connectivity index (χ1) is 18.7. The number of hydrogen-bond acceptors (Lipinski definition) is 6. The molecule has 3 atom stereocenters. The van der Waals surface area contributed by atoms with Crippen LogP contribution in [0.5, 0.6) is 0 Å². The van der Waals surface area contributed by atoms with Crippen LogP contribution >= 0.6 is 22.9 Å². The summed E-state index contributed by atoms with van der Waals surface area (Å²) in [5.74, 6) is -0.812. The predicted octanol–water partition coefficient (Wildman–Crippen LogP) is 4.92. The number of halogens is 1. The third kappa shape index (κ3) is 5.38. The molecule has 1 N–H and O–H groups in total. The molecule has 0 spiro atoms. The Kier molecular flexibility index (Phi) is 7.89. The number of carbonyl (C=O) groups excluding carboxylic acids is 3. The molecule has 1 saturated heterocycles. The average molecular weight is 566 g/mol. The summed E-state index contributed by atoms with van der Waals surface area (Å²) >= 11 is 7.95. The van der Waals surface area contributed by atoms with Gasteiger partial charge in [0.25, 0.3) is 5.91 Å². The predicted molar refractivity (Wildman–Crippen MR) is 152 cm³/mol. The zero-order chi connectivity index (χ0) is 27.8. The number of likely N-dealkylation sites (tertiary alicyclic amines) is 1. The normalized spacial score (nSPS) is 19.6. The number of ketones is 1. The summed E-state index contributed by atoms with van der Waals surface area (Å²) in [6, 6.07) is 11.8. The number of aryl methyl sites for hydroxylation is 2. The fourth-order valence-electron chi connectivity index (χ4n) is 5.69. The number of carbonyl (C=O) groups is 3. The number of thiazole rings is 1. The van der Waals surface area contributed by atoms with Gasteiger partial charge in [-0.15, -0.1) is 11.3 Å². The summed E-state index contributed by atoms with van der Waals surface area (Å²) in [6.07, 6.45) is 0.231. The smallest absolute Gasteiger partial charge is 0.255 e. The molecule has 0 unspecified atom stereocenters. The second-order valence-electron chi connectivity index (χ2n) is 10.7. The van der Waals surface area contributed by atoms with Crippen molar-refractivity contribution in [1.82, 2.24) is 14.8 Å². The Hall–Kier alpha value is -3.07. The number of aromatic nitrogens is 1. The van der Waals surface area contributed by atoms with Crippen molar-refractivity contribution in [3.8, 4) is 10.4 Å². The Balaban J connectivity index is 1.28. The zero-order valence-corrected chi connectivity index (χ0v) is 23.8. The van der Waals surface area contributed by atoms with Crippen molar-refractivity contribution in [2.45, 2.75) is 64.8 Å². The summed E-state index contributed by atoms with van der Waals surface area (Å²) in [5.41, 5.74) is 6.18. The molecule has 9 heteroatoms. The summed E-state index contributed by atoms with van der Waals surface area (Å²) in [5, 5.41) is 11.0. The van der Waals surface area contributed by atoms with Crippen LogP contribution in [0.25, 0.3) is 10.4 Å². The Labute approximate surface area is 237 Å². The van der Waals surface area contributed by atoms with Gasteiger partial charge in [0.1, 0.15) is 6.04 Å². The molecule has 2 aliphatic heterocycles. The van der Waals surface area contributed by atoms with Crippen LogP contribution in [0.15, 0.2) is 48.0 Å². The van der Waals surface area contributed by atoms with Gasteiger partial charge in [-0.3, -0.25) is 14.4 Å². The number of aliphatic hydroxyl groups excluding tert-OH is 1. The summed E-state index contributed by atoms with van der Waals surface area (Å²) in [6.45, 7) is 6.09. The van der Waals surface area contributed by atoms with E-state index in [1.807, 2.05) is 50.5 Å². The topological polar surface area (TPSA) is 90.8 Å². The van der Waals surface area contributed by atoms with Crippen LogP contribution in [0, 0.1) is 12.8 Å². The molecule has 1 fully saturated rings. The maximum absolute atomic E-state index is 13.9. The van der Waals surface area contributed by atoms with Crippen molar-refractivity contribution in [1.29, 1.82) is 0 Å². The summed E-state index contributed by atoms with van der Waals surface area (Å²) < 4.78 is 0. The SMILES string of the molecule is Cc1ncsc1-c1ccc(CCC(=O)[C@@H]2C[C@@H](O)CN2C(=O)[C@H](C(C)C)N2Cc3c(Cl)cccc3C2=O)cc1. The van der Waals surface area contributed by atoms with Crippen molar-refractivity contribution in [2.75, 3.05) is 6.54 Å². The van der Waals surface area contributed by atoms with Crippen molar-refractivity contribution >= 4 is 40.5 Å². The van der Waals surface area contributed by atoms with Crippen LogP contribution in [-0.2, 0) is 22.6 Å². The van der Waals surface area contributed by atoms with Crippen molar-refractivity contribution < 1.29 is 19.5 Å². The van der Waals surface area contributed by atoms with Crippen LogP contribution in [0.1, 0.15) is 53.9 Å². The number of rotatable bonds is 8. The quantitative estimate of drug-likeness (QED) is 0.419. The number of nitrogens with zero attached hydrogens (tertiary/aromatic N) is 3. The fourth-order valence-corrected chi connectivity index (χ4v) is 6.73. The first kappa shape index (κ1) is 27.5. The van der Waals surface area contributed by atoms with E-state index < -0.39 is 18.2 Å². The van der Waals surface area contributed by atoms with Crippen LogP contribution < -0.4 is 0 Å². The molecule has 1 aromatic heterocycles. The highest BCUT2D eigenvalue weighted by Crippen LogP contribution is 2.34. The van der Waals surface area contributed by atoms with Crippen LogP contribution in [0.3, 0.4) is 0 Å². The highest BCUT2D eigenvalue weighted by Gasteiger charge is 2.45. The Morgan fingerprint density at radius 2 is 1.92 bits per heavy atom. The average Bonchev–Trinajstić information content (AvgIpc) is 3.61. The van der Waals surface area contributed by atoms with Gasteiger partial charge >= 0.3 is 0 Å². The summed E-state index contributed by atoms with van der Waals surface area (Å²) in [4.78, 5) is 49.0. The molecule has 39 heavy (non-hydrogen) atoms. The molecular weight excluding hydrogens is 534 g/mol. The van der Waals surface area contributed by atoms with E-state index in [1.54, 1.807) is 34.4 Å². The van der Waals surface area contributed by atoms with E-state index in [9.17, 15) is 19.5 Å². The van der Waals surface area contributed by atoms with Crippen molar-refractivity contribution in [3.63, 3.8) is 0 Å². The van der Waals surface area contributed by atoms with Gasteiger partial charge in [0.2, 0.25) is 5.91 Å². The molecule has 0 radical (unpaired) electrons. The molecule has 2 aliphatic rings. The first-order valence-corrected chi connectivity index (χ1v) is 14.5. The van der Waals surface area contributed by atoms with E-state index in [4.69, 9.17) is 11.6 Å². The van der Waals surface area contributed by atoms with Crippen molar-refractivity contribution in [3.05, 3.63) is 75.4 Å². The van der Waals surface area contributed by atoms with E-state index in [1.165, 1.54) is 4.90 Å². The van der Waals surface area contributed by atoms with Gasteiger partial charge in [0.05, 0.1) is 28.2 Å². The third-order valence-corrected chi connectivity index (χ3v) is 9.05. The number of aliphatic hydroxyl groups is 1. The van der Waals surface area contributed by atoms with Gasteiger partial charge in [0, 0.05) is 42.1 Å². The molecule has 0 aliphatic carbocycles. The fraction of sp³-hybridized carbons (Fsp3) is 0.400. The van der Waals surface area contributed by atoms with Crippen LogP contribution in [0.2, 0.25) is 5.02 Å². The lowest BCUT2D eigenvalue weighted by atomic mass is 9.98. The lowest BCUT2D eigenvalue weighted by Crippen LogP contribution is -2.54. The molecule has 2 aromatic carbocycles.